The van der Waals surface area contributed by atoms with Gasteiger partial charge in [0.1, 0.15) is 22.9 Å². The molecule has 0 saturated carbocycles. The summed E-state index contributed by atoms with van der Waals surface area (Å²) in [6.07, 6.45) is 2.53. The van der Waals surface area contributed by atoms with Crippen molar-refractivity contribution in [1.29, 1.82) is 0 Å². The van der Waals surface area contributed by atoms with E-state index in [-0.39, 0.29) is 5.82 Å². The summed E-state index contributed by atoms with van der Waals surface area (Å²) in [5.41, 5.74) is 3.22. The van der Waals surface area contributed by atoms with E-state index in [0.717, 1.165) is 11.8 Å². The maximum Gasteiger partial charge on any atom is 0.169 e. The first-order chi connectivity index (χ1) is 9.20. The fourth-order valence-corrected chi connectivity index (χ4v) is 2.18. The van der Waals surface area contributed by atoms with Gasteiger partial charge in [-0.1, -0.05) is 18.2 Å². The van der Waals surface area contributed by atoms with Crippen LogP contribution in [0.5, 0.6) is 0 Å². The minimum absolute atomic E-state index is 0.344. The second-order valence-electron chi connectivity index (χ2n) is 4.36. The van der Waals surface area contributed by atoms with Crippen LogP contribution >= 0.6 is 0 Å². The summed E-state index contributed by atoms with van der Waals surface area (Å²) in [6, 6.07) is 9.87. The number of fused-ring (bicyclic) bond motifs is 1. The molecule has 3 rings (SSSR count). The Morgan fingerprint density at radius 3 is 2.84 bits per heavy atom. The Hall–Kier alpha value is -2.49. The third-order valence-corrected chi connectivity index (χ3v) is 3.09. The van der Waals surface area contributed by atoms with Crippen molar-refractivity contribution in [1.82, 2.24) is 9.38 Å². The molecule has 0 aliphatic heterocycles. The molecule has 0 radical (unpaired) electrons. The van der Waals surface area contributed by atoms with Gasteiger partial charge in [0.05, 0.1) is 0 Å². The molecule has 0 amide bonds. The highest BCUT2D eigenvalue weighted by Crippen LogP contribution is 2.25. The molecule has 0 atom stereocenters. The molecule has 1 aromatic carbocycles. The Balaban J connectivity index is 2.35. The molecule has 94 valence electrons. The van der Waals surface area contributed by atoms with Gasteiger partial charge in [0, 0.05) is 11.8 Å². The van der Waals surface area contributed by atoms with E-state index in [0.29, 0.717) is 22.6 Å². The lowest BCUT2D eigenvalue weighted by Crippen LogP contribution is -1.93. The molecular formula is C15H11FN2O. The average molecular weight is 254 g/mol. The highest BCUT2D eigenvalue weighted by atomic mass is 19.1. The van der Waals surface area contributed by atoms with Gasteiger partial charge >= 0.3 is 0 Å². The number of imidazole rings is 1. The average Bonchev–Trinajstić information content (AvgIpc) is 2.79. The summed E-state index contributed by atoms with van der Waals surface area (Å²) >= 11 is 0. The summed E-state index contributed by atoms with van der Waals surface area (Å²) in [4.78, 5) is 15.8. The van der Waals surface area contributed by atoms with Gasteiger partial charge < -0.3 is 0 Å². The number of nitrogens with zero attached hydrogens (tertiary/aromatic N) is 2. The SMILES string of the molecule is Cc1cccn2c(C=O)c(-c3cccc(F)c3)nc12. The van der Waals surface area contributed by atoms with E-state index in [1.807, 2.05) is 19.1 Å². The first-order valence-corrected chi connectivity index (χ1v) is 5.89. The van der Waals surface area contributed by atoms with Crippen molar-refractivity contribution in [3.8, 4) is 11.3 Å². The largest absolute Gasteiger partial charge is 0.297 e. The molecule has 0 N–H and O–H groups in total. The van der Waals surface area contributed by atoms with E-state index >= 15 is 0 Å². The highest BCUT2D eigenvalue weighted by molar-refractivity contribution is 5.86. The van der Waals surface area contributed by atoms with Crippen LogP contribution in [0.1, 0.15) is 16.1 Å². The number of pyridine rings is 1. The lowest BCUT2D eigenvalue weighted by Gasteiger charge is -1.99. The van der Waals surface area contributed by atoms with E-state index in [4.69, 9.17) is 0 Å². The molecule has 0 aliphatic rings. The predicted molar refractivity (Wildman–Crippen MR) is 70.7 cm³/mol. The number of carbonyl (C=O) groups excluding carboxylic acids is 1. The maximum atomic E-state index is 13.3. The Morgan fingerprint density at radius 1 is 1.26 bits per heavy atom. The molecule has 0 fully saturated rings. The van der Waals surface area contributed by atoms with E-state index < -0.39 is 0 Å². The molecule has 0 unspecified atom stereocenters. The van der Waals surface area contributed by atoms with E-state index in [2.05, 4.69) is 4.98 Å². The number of carbonyl (C=O) groups is 1. The van der Waals surface area contributed by atoms with Crippen molar-refractivity contribution in [2.24, 2.45) is 0 Å². The minimum Gasteiger partial charge on any atom is -0.297 e. The number of aryl methyl sites for hydroxylation is 1. The quantitative estimate of drug-likeness (QED) is 0.658. The van der Waals surface area contributed by atoms with Crippen LogP contribution in [-0.2, 0) is 0 Å². The van der Waals surface area contributed by atoms with Gasteiger partial charge in [0.2, 0.25) is 0 Å². The normalized spacial score (nSPS) is 10.8. The Morgan fingerprint density at radius 2 is 2.11 bits per heavy atom. The molecule has 0 saturated heterocycles. The van der Waals surface area contributed by atoms with Gasteiger partial charge in [-0.15, -0.1) is 0 Å². The first kappa shape index (κ1) is 11.6. The lowest BCUT2D eigenvalue weighted by molar-refractivity contribution is 0.111. The van der Waals surface area contributed by atoms with Crippen molar-refractivity contribution in [3.05, 3.63) is 59.7 Å². The molecule has 2 aromatic heterocycles. The summed E-state index contributed by atoms with van der Waals surface area (Å²) in [5.74, 6) is -0.344. The van der Waals surface area contributed by atoms with Crippen LogP contribution in [0.15, 0.2) is 42.6 Å². The molecule has 3 nitrogen and oxygen atoms in total. The van der Waals surface area contributed by atoms with Crippen LogP contribution in [0.4, 0.5) is 4.39 Å². The monoisotopic (exact) mass is 254 g/mol. The number of hydrogen-bond acceptors (Lipinski definition) is 2. The topological polar surface area (TPSA) is 34.4 Å². The number of hydrogen-bond donors (Lipinski definition) is 0. The molecule has 0 spiro atoms. The maximum absolute atomic E-state index is 13.3. The van der Waals surface area contributed by atoms with Crippen LogP contribution in [-0.4, -0.2) is 15.7 Å². The number of aldehydes is 1. The van der Waals surface area contributed by atoms with E-state index in [9.17, 15) is 9.18 Å². The molecule has 4 heteroatoms. The Bertz CT molecular complexity index is 777. The fourth-order valence-electron chi connectivity index (χ4n) is 2.18. The number of halogens is 1. The van der Waals surface area contributed by atoms with Gasteiger partial charge in [-0.05, 0) is 30.7 Å². The molecule has 0 aliphatic carbocycles. The lowest BCUT2D eigenvalue weighted by atomic mass is 10.1. The van der Waals surface area contributed by atoms with Gasteiger partial charge in [-0.3, -0.25) is 9.20 Å². The minimum atomic E-state index is -0.344. The van der Waals surface area contributed by atoms with Gasteiger partial charge in [0.25, 0.3) is 0 Å². The molecular weight excluding hydrogens is 243 g/mol. The Labute approximate surface area is 109 Å². The summed E-state index contributed by atoms with van der Waals surface area (Å²) < 4.78 is 15.0. The molecule has 19 heavy (non-hydrogen) atoms. The van der Waals surface area contributed by atoms with E-state index in [1.54, 1.807) is 22.7 Å². The predicted octanol–water partition coefficient (Wildman–Crippen LogP) is 3.26. The van der Waals surface area contributed by atoms with Crippen LogP contribution in [0.2, 0.25) is 0 Å². The van der Waals surface area contributed by atoms with Crippen LogP contribution in [0, 0.1) is 12.7 Å². The Kier molecular flexibility index (Phi) is 2.63. The second-order valence-corrected chi connectivity index (χ2v) is 4.36. The van der Waals surface area contributed by atoms with Crippen molar-refractivity contribution in [3.63, 3.8) is 0 Å². The van der Waals surface area contributed by atoms with Crippen LogP contribution in [0.3, 0.4) is 0 Å². The third kappa shape index (κ3) is 1.81. The summed E-state index contributed by atoms with van der Waals surface area (Å²) in [6.45, 7) is 1.92. The zero-order valence-electron chi connectivity index (χ0n) is 10.3. The number of benzene rings is 1. The summed E-state index contributed by atoms with van der Waals surface area (Å²) in [7, 11) is 0. The van der Waals surface area contributed by atoms with Crippen molar-refractivity contribution in [2.45, 2.75) is 6.92 Å². The van der Waals surface area contributed by atoms with Gasteiger partial charge in [-0.2, -0.15) is 0 Å². The third-order valence-electron chi connectivity index (χ3n) is 3.09. The van der Waals surface area contributed by atoms with E-state index in [1.165, 1.54) is 12.1 Å². The first-order valence-electron chi connectivity index (χ1n) is 5.89. The van der Waals surface area contributed by atoms with Crippen LogP contribution in [0.25, 0.3) is 16.9 Å². The number of rotatable bonds is 2. The fraction of sp³-hybridized carbons (Fsp3) is 0.0667. The van der Waals surface area contributed by atoms with Gasteiger partial charge in [0.15, 0.2) is 6.29 Å². The van der Waals surface area contributed by atoms with Gasteiger partial charge in [-0.25, -0.2) is 9.37 Å². The highest BCUT2D eigenvalue weighted by Gasteiger charge is 2.14. The zero-order valence-corrected chi connectivity index (χ0v) is 10.3. The second kappa shape index (κ2) is 4.31. The standard InChI is InChI=1S/C15H11FN2O/c1-10-4-3-7-18-13(9-19)14(17-15(10)18)11-5-2-6-12(16)8-11/h2-9H,1H3. The molecule has 0 bridgehead atoms. The summed E-state index contributed by atoms with van der Waals surface area (Å²) in [5, 5.41) is 0. The molecule has 3 aromatic rings. The van der Waals surface area contributed by atoms with Crippen LogP contribution < -0.4 is 0 Å². The number of aromatic nitrogens is 2. The van der Waals surface area contributed by atoms with Crippen molar-refractivity contribution >= 4 is 11.9 Å². The smallest absolute Gasteiger partial charge is 0.169 e. The van der Waals surface area contributed by atoms with Crippen molar-refractivity contribution < 1.29 is 9.18 Å². The zero-order chi connectivity index (χ0) is 13.4. The molecule has 2 heterocycles. The van der Waals surface area contributed by atoms with Crippen molar-refractivity contribution in [2.75, 3.05) is 0 Å².